The van der Waals surface area contributed by atoms with Crippen molar-refractivity contribution in [3.05, 3.63) is 24.3 Å². The molecule has 2 saturated heterocycles. The number of cyclic esters (lactones) is 1. The van der Waals surface area contributed by atoms with Crippen LogP contribution >= 0.6 is 0 Å². The number of carbonyl (C=O) groups is 2. The molecule has 0 bridgehead atoms. The van der Waals surface area contributed by atoms with Crippen LogP contribution in [0, 0.1) is 5.92 Å². The third-order valence-electron chi connectivity index (χ3n) is 6.59. The van der Waals surface area contributed by atoms with Gasteiger partial charge in [-0.05, 0) is 55.9 Å². The summed E-state index contributed by atoms with van der Waals surface area (Å²) in [6, 6.07) is 6.16. The second-order valence-electron chi connectivity index (χ2n) is 9.13. The second-order valence-corrected chi connectivity index (χ2v) is 11.1. The number of sulfone groups is 1. The van der Waals surface area contributed by atoms with Crippen molar-refractivity contribution in [1.82, 2.24) is 4.90 Å². The first kappa shape index (κ1) is 23.8. The molecule has 33 heavy (non-hydrogen) atoms. The fourth-order valence-corrected chi connectivity index (χ4v) is 5.23. The van der Waals surface area contributed by atoms with Gasteiger partial charge in [-0.2, -0.15) is 0 Å². The van der Waals surface area contributed by atoms with Crippen LogP contribution in [0.3, 0.4) is 0 Å². The van der Waals surface area contributed by atoms with Gasteiger partial charge in [0.15, 0.2) is 9.84 Å². The van der Waals surface area contributed by atoms with Gasteiger partial charge in [0, 0.05) is 25.0 Å². The molecule has 1 saturated carbocycles. The van der Waals surface area contributed by atoms with E-state index in [1.807, 2.05) is 0 Å². The smallest absolute Gasteiger partial charge is 0.414 e. The molecule has 1 aromatic rings. The third-order valence-corrected chi connectivity index (χ3v) is 7.71. The van der Waals surface area contributed by atoms with E-state index in [-0.39, 0.29) is 23.7 Å². The second kappa shape index (κ2) is 10.3. The van der Waals surface area contributed by atoms with Gasteiger partial charge in [0.2, 0.25) is 0 Å². The molecule has 10 heteroatoms. The molecular formula is C23H32N2O7S. The number of nitrogens with zero attached hydrogens (tertiary/aromatic N) is 2. The van der Waals surface area contributed by atoms with Crippen LogP contribution in [0.1, 0.15) is 38.5 Å². The lowest BCUT2D eigenvalue weighted by atomic mass is 10.1. The normalized spacial score (nSPS) is 22.6. The number of ether oxygens (including phenoxy) is 3. The molecule has 0 aromatic heterocycles. The van der Waals surface area contributed by atoms with Gasteiger partial charge in [-0.3, -0.25) is 4.90 Å². The van der Waals surface area contributed by atoms with Crippen LogP contribution in [-0.2, 0) is 24.0 Å². The minimum absolute atomic E-state index is 0.00526. The Balaban J connectivity index is 1.18. The van der Waals surface area contributed by atoms with Crippen LogP contribution in [0.15, 0.2) is 29.2 Å². The van der Waals surface area contributed by atoms with Gasteiger partial charge in [-0.1, -0.05) is 12.8 Å². The van der Waals surface area contributed by atoms with Crippen LogP contribution in [0.5, 0.6) is 0 Å². The van der Waals surface area contributed by atoms with Crippen molar-refractivity contribution in [2.24, 2.45) is 5.92 Å². The molecular weight excluding hydrogens is 448 g/mol. The minimum atomic E-state index is -3.29. The Morgan fingerprint density at radius 1 is 1.06 bits per heavy atom. The van der Waals surface area contributed by atoms with Gasteiger partial charge in [-0.15, -0.1) is 0 Å². The number of amides is 2. The maximum absolute atomic E-state index is 12.3. The highest BCUT2D eigenvalue weighted by atomic mass is 32.2. The van der Waals surface area contributed by atoms with Crippen molar-refractivity contribution in [2.45, 2.75) is 55.6 Å². The Morgan fingerprint density at radius 3 is 2.36 bits per heavy atom. The van der Waals surface area contributed by atoms with Crippen molar-refractivity contribution in [2.75, 3.05) is 44.0 Å². The summed E-state index contributed by atoms with van der Waals surface area (Å²) in [5, 5.41) is 0. The summed E-state index contributed by atoms with van der Waals surface area (Å²) in [4.78, 5) is 28.0. The number of piperidine rings is 1. The zero-order valence-electron chi connectivity index (χ0n) is 19.0. The number of carbonyl (C=O) groups excluding carboxylic acids is 2. The summed E-state index contributed by atoms with van der Waals surface area (Å²) in [5.74, 6) is 0.515. The molecule has 3 aliphatic rings. The van der Waals surface area contributed by atoms with Crippen molar-refractivity contribution in [3.63, 3.8) is 0 Å². The molecule has 2 amide bonds. The zero-order chi connectivity index (χ0) is 23.4. The number of benzene rings is 1. The molecule has 1 unspecified atom stereocenters. The zero-order valence-corrected chi connectivity index (χ0v) is 19.8. The SMILES string of the molecule is CS(=O)(=O)c1ccc(N2CC(COC3CCN(C(=O)OCC4CCCC4)CC3)OC2=O)cc1. The van der Waals surface area contributed by atoms with Gasteiger partial charge in [-0.25, -0.2) is 18.0 Å². The highest BCUT2D eigenvalue weighted by Crippen LogP contribution is 2.26. The Morgan fingerprint density at radius 2 is 1.73 bits per heavy atom. The average molecular weight is 481 g/mol. The van der Waals surface area contributed by atoms with Gasteiger partial charge < -0.3 is 19.1 Å². The van der Waals surface area contributed by atoms with E-state index in [0.29, 0.717) is 37.8 Å². The first-order valence-corrected chi connectivity index (χ1v) is 13.5. The number of hydrogen-bond acceptors (Lipinski definition) is 7. The summed E-state index contributed by atoms with van der Waals surface area (Å²) >= 11 is 0. The van der Waals surface area contributed by atoms with Gasteiger partial charge in [0.25, 0.3) is 0 Å². The topological polar surface area (TPSA) is 102 Å². The number of hydrogen-bond donors (Lipinski definition) is 0. The lowest BCUT2D eigenvalue weighted by Gasteiger charge is -2.31. The first-order valence-electron chi connectivity index (χ1n) is 11.6. The van der Waals surface area contributed by atoms with Gasteiger partial charge in [0.05, 0.1) is 30.8 Å². The van der Waals surface area contributed by atoms with E-state index in [9.17, 15) is 18.0 Å². The quantitative estimate of drug-likeness (QED) is 0.590. The van der Waals surface area contributed by atoms with Crippen LogP contribution < -0.4 is 4.90 Å². The Kier molecular flexibility index (Phi) is 7.43. The van der Waals surface area contributed by atoms with E-state index in [1.165, 1.54) is 29.9 Å². The largest absolute Gasteiger partial charge is 0.449 e. The maximum atomic E-state index is 12.3. The molecule has 9 nitrogen and oxygen atoms in total. The molecule has 2 heterocycles. The molecule has 2 aliphatic heterocycles. The van der Waals surface area contributed by atoms with Crippen LogP contribution in [0.2, 0.25) is 0 Å². The number of anilines is 1. The van der Waals surface area contributed by atoms with Crippen molar-refractivity contribution >= 4 is 27.7 Å². The van der Waals surface area contributed by atoms with Crippen molar-refractivity contribution in [3.8, 4) is 0 Å². The molecule has 1 atom stereocenters. The molecule has 3 fully saturated rings. The highest BCUT2D eigenvalue weighted by molar-refractivity contribution is 7.90. The summed E-state index contributed by atoms with van der Waals surface area (Å²) in [7, 11) is -3.29. The third kappa shape index (κ3) is 6.17. The predicted molar refractivity (Wildman–Crippen MR) is 121 cm³/mol. The lowest BCUT2D eigenvalue weighted by molar-refractivity contribution is -0.0275. The fourth-order valence-electron chi connectivity index (χ4n) is 4.60. The highest BCUT2D eigenvalue weighted by Gasteiger charge is 2.34. The number of likely N-dealkylation sites (tertiary alicyclic amines) is 1. The molecule has 1 aliphatic carbocycles. The van der Waals surface area contributed by atoms with Gasteiger partial charge in [0.1, 0.15) is 6.10 Å². The summed E-state index contributed by atoms with van der Waals surface area (Å²) < 4.78 is 40.1. The summed E-state index contributed by atoms with van der Waals surface area (Å²) in [5.41, 5.74) is 0.583. The van der Waals surface area contributed by atoms with Crippen LogP contribution in [-0.4, -0.2) is 76.8 Å². The molecule has 0 spiro atoms. The Bertz CT molecular complexity index is 936. The van der Waals surface area contributed by atoms with Crippen LogP contribution in [0.25, 0.3) is 0 Å². The molecule has 4 rings (SSSR count). The minimum Gasteiger partial charge on any atom is -0.449 e. The fraction of sp³-hybridized carbons (Fsp3) is 0.652. The molecule has 0 N–H and O–H groups in total. The van der Waals surface area contributed by atoms with Crippen molar-refractivity contribution in [1.29, 1.82) is 0 Å². The Labute approximate surface area is 194 Å². The standard InChI is InChI=1S/C23H32N2O7S/c1-33(28,29)21-8-6-18(7-9-21)25-14-20(32-23(25)27)16-30-19-10-12-24(13-11-19)22(26)31-15-17-4-2-3-5-17/h6-9,17,19-20H,2-5,10-16H2,1H3. The van der Waals surface area contributed by atoms with E-state index in [2.05, 4.69) is 0 Å². The Hall–Kier alpha value is -2.33. The monoisotopic (exact) mass is 480 g/mol. The van der Waals surface area contributed by atoms with E-state index in [1.54, 1.807) is 17.0 Å². The first-order chi connectivity index (χ1) is 15.8. The predicted octanol–water partition coefficient (Wildman–Crippen LogP) is 3.22. The maximum Gasteiger partial charge on any atom is 0.414 e. The molecule has 0 radical (unpaired) electrons. The van der Waals surface area contributed by atoms with E-state index in [0.717, 1.165) is 31.9 Å². The number of rotatable bonds is 7. The van der Waals surface area contributed by atoms with E-state index in [4.69, 9.17) is 14.2 Å². The van der Waals surface area contributed by atoms with Crippen molar-refractivity contribution < 1.29 is 32.2 Å². The summed E-state index contributed by atoms with van der Waals surface area (Å²) in [6.07, 6.45) is 6.24. The molecule has 182 valence electrons. The molecule has 1 aromatic carbocycles. The summed E-state index contributed by atoms with van der Waals surface area (Å²) in [6.45, 7) is 2.33. The van der Waals surface area contributed by atoms with Gasteiger partial charge >= 0.3 is 12.2 Å². The lowest BCUT2D eigenvalue weighted by Crippen LogP contribution is -2.42. The van der Waals surface area contributed by atoms with Crippen LogP contribution in [0.4, 0.5) is 15.3 Å². The van der Waals surface area contributed by atoms with E-state index < -0.39 is 22.0 Å². The average Bonchev–Trinajstić information content (AvgIpc) is 3.45. The van der Waals surface area contributed by atoms with E-state index >= 15 is 0 Å².